The molecule has 134 valence electrons. The molecule has 1 aromatic carbocycles. The van der Waals surface area contributed by atoms with Gasteiger partial charge in [-0.1, -0.05) is 30.9 Å². The number of hydrogen-bond acceptors (Lipinski definition) is 4. The van der Waals surface area contributed by atoms with Crippen LogP contribution < -0.4 is 10.0 Å². The van der Waals surface area contributed by atoms with E-state index in [0.717, 1.165) is 24.2 Å². The minimum atomic E-state index is -3.66. The molecule has 7 heteroatoms. The molecule has 1 saturated carbocycles. The van der Waals surface area contributed by atoms with Crippen LogP contribution >= 0.6 is 11.6 Å². The van der Waals surface area contributed by atoms with Crippen LogP contribution in [0.25, 0.3) is 0 Å². The van der Waals surface area contributed by atoms with Crippen LogP contribution in [-0.4, -0.2) is 19.4 Å². The summed E-state index contributed by atoms with van der Waals surface area (Å²) in [5, 5.41) is 3.95. The maximum atomic E-state index is 12.5. The molecule has 5 nitrogen and oxygen atoms in total. The van der Waals surface area contributed by atoms with E-state index in [2.05, 4.69) is 15.0 Å². The normalized spacial score (nSPS) is 15.8. The molecule has 3 rings (SSSR count). The summed E-state index contributed by atoms with van der Waals surface area (Å²) < 4.78 is 27.5. The number of benzene rings is 1. The Kier molecular flexibility index (Phi) is 5.49. The number of pyridine rings is 1. The highest BCUT2D eigenvalue weighted by Crippen LogP contribution is 2.23. The maximum Gasteiger partial charge on any atom is 0.261 e. The second-order valence-electron chi connectivity index (χ2n) is 6.43. The number of aromatic nitrogens is 1. The molecule has 0 saturated heterocycles. The summed E-state index contributed by atoms with van der Waals surface area (Å²) in [6.07, 6.45) is 7.64. The number of sulfonamides is 1. The van der Waals surface area contributed by atoms with Crippen molar-refractivity contribution in [3.8, 4) is 0 Å². The lowest BCUT2D eigenvalue weighted by Crippen LogP contribution is -2.22. The number of rotatable bonds is 5. The molecule has 0 spiro atoms. The Morgan fingerprint density at radius 3 is 2.52 bits per heavy atom. The Morgan fingerprint density at radius 2 is 1.88 bits per heavy atom. The lowest BCUT2D eigenvalue weighted by Gasteiger charge is -2.23. The highest BCUT2D eigenvalue weighted by Gasteiger charge is 2.16. The van der Waals surface area contributed by atoms with E-state index >= 15 is 0 Å². The van der Waals surface area contributed by atoms with Crippen LogP contribution in [0.3, 0.4) is 0 Å². The Bertz CT molecular complexity index is 832. The third-order valence-electron chi connectivity index (χ3n) is 4.41. The Morgan fingerprint density at radius 1 is 1.12 bits per heavy atom. The molecular weight excluding hydrogens is 358 g/mol. The zero-order valence-corrected chi connectivity index (χ0v) is 15.7. The van der Waals surface area contributed by atoms with Crippen molar-refractivity contribution in [1.29, 1.82) is 0 Å². The Hall–Kier alpha value is -1.79. The second-order valence-corrected chi connectivity index (χ2v) is 8.52. The van der Waals surface area contributed by atoms with Gasteiger partial charge in [0.1, 0.15) is 5.82 Å². The van der Waals surface area contributed by atoms with E-state index in [-0.39, 0.29) is 4.90 Å². The number of nitrogens with one attached hydrogen (secondary N) is 2. The number of anilines is 2. The number of aryl methyl sites for hydroxylation is 1. The first-order chi connectivity index (χ1) is 11.9. The van der Waals surface area contributed by atoms with Crippen LogP contribution in [0.5, 0.6) is 0 Å². The van der Waals surface area contributed by atoms with Crippen LogP contribution in [-0.2, 0) is 10.0 Å². The maximum absolute atomic E-state index is 12.5. The predicted octanol–water partition coefficient (Wildman–Crippen LogP) is 4.59. The molecule has 0 aliphatic heterocycles. The largest absolute Gasteiger partial charge is 0.367 e. The summed E-state index contributed by atoms with van der Waals surface area (Å²) in [6.45, 7) is 1.77. The summed E-state index contributed by atoms with van der Waals surface area (Å²) in [5.74, 6) is 0.775. The molecule has 25 heavy (non-hydrogen) atoms. The van der Waals surface area contributed by atoms with Crippen molar-refractivity contribution in [3.63, 3.8) is 0 Å². The average Bonchev–Trinajstić information content (AvgIpc) is 2.60. The second kappa shape index (κ2) is 7.62. The highest BCUT2D eigenvalue weighted by atomic mass is 35.5. The van der Waals surface area contributed by atoms with Gasteiger partial charge in [0.25, 0.3) is 10.0 Å². The summed E-state index contributed by atoms with van der Waals surface area (Å²) in [6, 6.07) is 8.61. The van der Waals surface area contributed by atoms with E-state index in [1.807, 2.05) is 0 Å². The quantitative estimate of drug-likeness (QED) is 0.797. The topological polar surface area (TPSA) is 71.1 Å². The fourth-order valence-electron chi connectivity index (χ4n) is 2.99. The molecule has 0 unspecified atom stereocenters. The number of hydrogen-bond donors (Lipinski definition) is 2. The summed E-state index contributed by atoms with van der Waals surface area (Å²) in [7, 11) is -3.66. The zero-order valence-electron chi connectivity index (χ0n) is 14.1. The molecule has 0 atom stereocenters. The first kappa shape index (κ1) is 18.0. The molecule has 1 heterocycles. The van der Waals surface area contributed by atoms with E-state index in [1.165, 1.54) is 31.5 Å². The van der Waals surface area contributed by atoms with E-state index in [4.69, 9.17) is 11.6 Å². The molecule has 1 fully saturated rings. The van der Waals surface area contributed by atoms with Gasteiger partial charge in [0.05, 0.1) is 16.8 Å². The SMILES string of the molecule is Cc1cc(S(=O)(=O)Nc2ccc(NC3CCCCC3)nc2)ccc1Cl. The Balaban J connectivity index is 1.68. The first-order valence-electron chi connectivity index (χ1n) is 8.45. The van der Waals surface area contributed by atoms with Crippen molar-refractivity contribution < 1.29 is 8.42 Å². The minimum absolute atomic E-state index is 0.179. The average molecular weight is 380 g/mol. The van der Waals surface area contributed by atoms with Gasteiger partial charge in [0.2, 0.25) is 0 Å². The lowest BCUT2D eigenvalue weighted by atomic mass is 9.95. The molecule has 0 bridgehead atoms. The standard InChI is InChI=1S/C18H22ClN3O2S/c1-13-11-16(8-9-17(13)19)25(23,24)22-15-7-10-18(20-12-15)21-14-5-3-2-4-6-14/h7-12,14,22H,2-6H2,1H3,(H,20,21). The molecule has 1 aromatic heterocycles. The van der Waals surface area contributed by atoms with Gasteiger partial charge in [-0.25, -0.2) is 13.4 Å². The van der Waals surface area contributed by atoms with E-state index in [0.29, 0.717) is 16.8 Å². The van der Waals surface area contributed by atoms with E-state index in [1.54, 1.807) is 31.2 Å². The zero-order chi connectivity index (χ0) is 17.9. The first-order valence-corrected chi connectivity index (χ1v) is 10.3. The van der Waals surface area contributed by atoms with Crippen LogP contribution in [0.2, 0.25) is 5.02 Å². The van der Waals surface area contributed by atoms with Crippen molar-refractivity contribution in [2.75, 3.05) is 10.0 Å². The third kappa shape index (κ3) is 4.64. The van der Waals surface area contributed by atoms with Crippen molar-refractivity contribution in [2.45, 2.75) is 50.0 Å². The molecular formula is C18H22ClN3O2S. The van der Waals surface area contributed by atoms with E-state index in [9.17, 15) is 8.42 Å². The molecule has 1 aliphatic rings. The Labute approximate surface area is 153 Å². The van der Waals surface area contributed by atoms with Crippen LogP contribution in [0.15, 0.2) is 41.4 Å². The fraction of sp³-hybridized carbons (Fsp3) is 0.389. The highest BCUT2D eigenvalue weighted by molar-refractivity contribution is 7.92. The summed E-state index contributed by atoms with van der Waals surface area (Å²) in [5.41, 5.74) is 1.15. The van der Waals surface area contributed by atoms with Crippen molar-refractivity contribution in [1.82, 2.24) is 4.98 Å². The number of halogens is 1. The van der Waals surface area contributed by atoms with E-state index < -0.39 is 10.0 Å². The van der Waals surface area contributed by atoms with Gasteiger partial charge in [-0.2, -0.15) is 0 Å². The van der Waals surface area contributed by atoms with Crippen LogP contribution in [0.1, 0.15) is 37.7 Å². The molecule has 1 aliphatic carbocycles. The molecule has 2 aromatic rings. The van der Waals surface area contributed by atoms with Gasteiger partial charge >= 0.3 is 0 Å². The van der Waals surface area contributed by atoms with Gasteiger partial charge in [0, 0.05) is 11.1 Å². The van der Waals surface area contributed by atoms with Gasteiger partial charge in [0.15, 0.2) is 0 Å². The van der Waals surface area contributed by atoms with Gasteiger partial charge in [-0.3, -0.25) is 4.72 Å². The van der Waals surface area contributed by atoms with Gasteiger partial charge < -0.3 is 5.32 Å². The minimum Gasteiger partial charge on any atom is -0.367 e. The number of nitrogens with zero attached hydrogens (tertiary/aromatic N) is 1. The van der Waals surface area contributed by atoms with Crippen molar-refractivity contribution >= 4 is 33.1 Å². The van der Waals surface area contributed by atoms with Crippen LogP contribution in [0, 0.1) is 6.92 Å². The molecule has 2 N–H and O–H groups in total. The molecule has 0 radical (unpaired) electrons. The monoisotopic (exact) mass is 379 g/mol. The van der Waals surface area contributed by atoms with Gasteiger partial charge in [-0.15, -0.1) is 0 Å². The third-order valence-corrected chi connectivity index (χ3v) is 6.22. The smallest absolute Gasteiger partial charge is 0.261 e. The van der Waals surface area contributed by atoms with Gasteiger partial charge in [-0.05, 0) is 55.7 Å². The van der Waals surface area contributed by atoms with Crippen molar-refractivity contribution in [2.24, 2.45) is 0 Å². The predicted molar refractivity (Wildman–Crippen MR) is 102 cm³/mol. The van der Waals surface area contributed by atoms with Crippen LogP contribution in [0.4, 0.5) is 11.5 Å². The lowest BCUT2D eigenvalue weighted by molar-refractivity contribution is 0.462. The fourth-order valence-corrected chi connectivity index (χ4v) is 4.24. The van der Waals surface area contributed by atoms with Crippen molar-refractivity contribution in [3.05, 3.63) is 47.1 Å². The molecule has 0 amide bonds. The summed E-state index contributed by atoms with van der Waals surface area (Å²) >= 11 is 5.96. The summed E-state index contributed by atoms with van der Waals surface area (Å²) in [4.78, 5) is 4.50.